The molecule has 0 spiro atoms. The largest absolute Gasteiger partial charge is 0.393 e. The van der Waals surface area contributed by atoms with Crippen LogP contribution in [0, 0.1) is 0 Å². The van der Waals surface area contributed by atoms with Crippen LogP contribution in [0.15, 0.2) is 23.4 Å². The smallest absolute Gasteiger partial charge is 0.350 e. The van der Waals surface area contributed by atoms with E-state index in [4.69, 9.17) is 5.11 Å². The Labute approximate surface area is 85.8 Å². The predicted octanol–water partition coefficient (Wildman–Crippen LogP) is -0.338. The van der Waals surface area contributed by atoms with E-state index in [1.165, 1.54) is 21.5 Å². The van der Waals surface area contributed by atoms with Gasteiger partial charge >= 0.3 is 5.69 Å². The van der Waals surface area contributed by atoms with Crippen LogP contribution < -0.4 is 5.69 Å². The molecule has 1 unspecified atom stereocenters. The molecule has 0 amide bonds. The van der Waals surface area contributed by atoms with Crippen LogP contribution in [-0.2, 0) is 6.54 Å². The third-order valence-corrected chi connectivity index (χ3v) is 2.15. The Kier molecular flexibility index (Phi) is 2.51. The highest BCUT2D eigenvalue weighted by molar-refractivity contribution is 5.31. The zero-order valence-electron chi connectivity index (χ0n) is 8.37. The molecule has 2 rings (SSSR count). The fourth-order valence-electron chi connectivity index (χ4n) is 1.33. The molecule has 0 saturated carbocycles. The van der Waals surface area contributed by atoms with Crippen molar-refractivity contribution >= 4 is 5.65 Å². The molecule has 1 atom stereocenters. The minimum Gasteiger partial charge on any atom is -0.393 e. The van der Waals surface area contributed by atoms with Gasteiger partial charge in [-0.2, -0.15) is 0 Å². The maximum absolute atomic E-state index is 11.7. The van der Waals surface area contributed by atoms with Gasteiger partial charge in [0.1, 0.15) is 0 Å². The van der Waals surface area contributed by atoms with E-state index in [0.29, 0.717) is 18.6 Å². The predicted molar refractivity (Wildman–Crippen MR) is 53.5 cm³/mol. The molecular formula is C9H12N4O2. The molecule has 6 nitrogen and oxygen atoms in total. The van der Waals surface area contributed by atoms with Crippen LogP contribution in [0.3, 0.4) is 0 Å². The van der Waals surface area contributed by atoms with E-state index in [9.17, 15) is 4.79 Å². The second-order valence-electron chi connectivity index (χ2n) is 3.45. The van der Waals surface area contributed by atoms with E-state index in [2.05, 4.69) is 10.1 Å². The first-order valence-electron chi connectivity index (χ1n) is 4.76. The quantitative estimate of drug-likeness (QED) is 0.749. The number of hydrogen-bond donors (Lipinski definition) is 1. The van der Waals surface area contributed by atoms with Crippen LogP contribution in [0.1, 0.15) is 13.3 Å². The summed E-state index contributed by atoms with van der Waals surface area (Å²) in [4.78, 5) is 15.6. The third-order valence-electron chi connectivity index (χ3n) is 2.15. The van der Waals surface area contributed by atoms with Gasteiger partial charge in [-0.3, -0.25) is 4.98 Å². The van der Waals surface area contributed by atoms with Gasteiger partial charge in [-0.25, -0.2) is 13.9 Å². The van der Waals surface area contributed by atoms with Crippen LogP contribution in [-0.4, -0.2) is 30.4 Å². The van der Waals surface area contributed by atoms with Gasteiger partial charge in [0.2, 0.25) is 0 Å². The summed E-state index contributed by atoms with van der Waals surface area (Å²) in [7, 11) is 0. The van der Waals surface area contributed by atoms with Crippen molar-refractivity contribution in [2.45, 2.75) is 26.0 Å². The molecular weight excluding hydrogens is 196 g/mol. The molecule has 0 aromatic carbocycles. The Morgan fingerprint density at radius 3 is 3.07 bits per heavy atom. The van der Waals surface area contributed by atoms with Crippen LogP contribution in [0.4, 0.5) is 0 Å². The van der Waals surface area contributed by atoms with E-state index in [1.54, 1.807) is 13.1 Å². The highest BCUT2D eigenvalue weighted by atomic mass is 16.3. The molecule has 0 saturated heterocycles. The molecule has 0 aliphatic rings. The van der Waals surface area contributed by atoms with Crippen molar-refractivity contribution in [1.82, 2.24) is 19.2 Å². The van der Waals surface area contributed by atoms with E-state index in [0.717, 1.165) is 0 Å². The van der Waals surface area contributed by atoms with E-state index < -0.39 is 6.10 Å². The van der Waals surface area contributed by atoms with Crippen LogP contribution in [0.5, 0.6) is 0 Å². The van der Waals surface area contributed by atoms with Crippen molar-refractivity contribution in [3.63, 3.8) is 0 Å². The Morgan fingerprint density at radius 2 is 2.40 bits per heavy atom. The number of aryl methyl sites for hydroxylation is 1. The molecule has 1 N–H and O–H groups in total. The number of fused-ring (bicyclic) bond motifs is 1. The van der Waals surface area contributed by atoms with Crippen LogP contribution in [0.25, 0.3) is 5.65 Å². The number of aromatic nitrogens is 4. The molecule has 2 aromatic heterocycles. The summed E-state index contributed by atoms with van der Waals surface area (Å²) in [5.41, 5.74) is 0.321. The lowest BCUT2D eigenvalue weighted by atomic mass is 10.3. The third kappa shape index (κ3) is 1.89. The number of rotatable bonds is 3. The summed E-state index contributed by atoms with van der Waals surface area (Å²) in [6.45, 7) is 2.10. The van der Waals surface area contributed by atoms with Gasteiger partial charge in [0.15, 0.2) is 5.65 Å². The molecule has 6 heteroatoms. The lowest BCUT2D eigenvalue weighted by molar-refractivity contribution is 0.175. The first-order chi connectivity index (χ1) is 7.18. The summed E-state index contributed by atoms with van der Waals surface area (Å²) in [6.07, 6.45) is 4.72. The zero-order valence-corrected chi connectivity index (χ0v) is 8.37. The zero-order chi connectivity index (χ0) is 10.8. The number of aliphatic hydroxyl groups excluding tert-OH is 1. The van der Waals surface area contributed by atoms with Crippen LogP contribution >= 0.6 is 0 Å². The van der Waals surface area contributed by atoms with Crippen molar-refractivity contribution in [3.8, 4) is 0 Å². The summed E-state index contributed by atoms with van der Waals surface area (Å²) in [6, 6.07) is 0. The van der Waals surface area contributed by atoms with Gasteiger partial charge < -0.3 is 5.11 Å². The second kappa shape index (κ2) is 3.82. The molecule has 0 fully saturated rings. The van der Waals surface area contributed by atoms with Crippen molar-refractivity contribution in [2.24, 2.45) is 0 Å². The standard InChI is InChI=1S/C9H12N4O2/c1-7(14)2-4-13-9(15)12-5-3-10-6-8(12)11-13/h3,5-7,14H,2,4H2,1H3. The molecule has 80 valence electrons. The average Bonchev–Trinajstić information content (AvgIpc) is 2.54. The van der Waals surface area contributed by atoms with Gasteiger partial charge in [-0.1, -0.05) is 0 Å². The first kappa shape index (κ1) is 9.85. The molecule has 0 aliphatic carbocycles. The van der Waals surface area contributed by atoms with Gasteiger partial charge in [-0.05, 0) is 13.3 Å². The fraction of sp³-hybridized carbons (Fsp3) is 0.444. The van der Waals surface area contributed by atoms with E-state index in [1.807, 2.05) is 0 Å². The maximum Gasteiger partial charge on any atom is 0.350 e. The van der Waals surface area contributed by atoms with Crippen molar-refractivity contribution in [1.29, 1.82) is 0 Å². The monoisotopic (exact) mass is 208 g/mol. The van der Waals surface area contributed by atoms with E-state index >= 15 is 0 Å². The molecule has 2 aromatic rings. The lowest BCUT2D eigenvalue weighted by Gasteiger charge is -2.01. The average molecular weight is 208 g/mol. The molecule has 2 heterocycles. The minimum absolute atomic E-state index is 0.201. The molecule has 0 radical (unpaired) electrons. The first-order valence-corrected chi connectivity index (χ1v) is 4.76. The Morgan fingerprint density at radius 1 is 1.60 bits per heavy atom. The van der Waals surface area contributed by atoms with Crippen molar-refractivity contribution < 1.29 is 5.11 Å². The van der Waals surface area contributed by atoms with Crippen molar-refractivity contribution in [3.05, 3.63) is 29.1 Å². The lowest BCUT2D eigenvalue weighted by Crippen LogP contribution is -2.22. The molecule has 0 aliphatic heterocycles. The maximum atomic E-state index is 11.7. The Bertz CT molecular complexity index is 514. The number of nitrogens with zero attached hydrogens (tertiary/aromatic N) is 4. The topological polar surface area (TPSA) is 72.4 Å². The fourth-order valence-corrected chi connectivity index (χ4v) is 1.33. The summed E-state index contributed by atoms with van der Waals surface area (Å²) in [5, 5.41) is 13.2. The highest BCUT2D eigenvalue weighted by Crippen LogP contribution is 1.95. The summed E-state index contributed by atoms with van der Waals surface area (Å²) < 4.78 is 2.76. The second-order valence-corrected chi connectivity index (χ2v) is 3.45. The Hall–Kier alpha value is -1.69. The summed E-state index contributed by atoms with van der Waals surface area (Å²) in [5.74, 6) is 0. The SMILES string of the molecule is CC(O)CCn1nc2cnccn2c1=O. The normalized spacial score (nSPS) is 13.2. The number of aliphatic hydroxyl groups is 1. The van der Waals surface area contributed by atoms with E-state index in [-0.39, 0.29) is 5.69 Å². The van der Waals surface area contributed by atoms with Gasteiger partial charge in [0.05, 0.1) is 12.3 Å². The van der Waals surface area contributed by atoms with Crippen LogP contribution in [0.2, 0.25) is 0 Å². The van der Waals surface area contributed by atoms with Gasteiger partial charge in [-0.15, -0.1) is 5.10 Å². The van der Waals surface area contributed by atoms with Gasteiger partial charge in [0, 0.05) is 18.9 Å². The molecule has 0 bridgehead atoms. The summed E-state index contributed by atoms with van der Waals surface area (Å²) >= 11 is 0. The highest BCUT2D eigenvalue weighted by Gasteiger charge is 2.06. The van der Waals surface area contributed by atoms with Gasteiger partial charge in [0.25, 0.3) is 0 Å². The Balaban J connectivity index is 2.36. The van der Waals surface area contributed by atoms with Crippen molar-refractivity contribution in [2.75, 3.05) is 0 Å². The molecule has 15 heavy (non-hydrogen) atoms. The number of hydrogen-bond acceptors (Lipinski definition) is 4. The minimum atomic E-state index is -0.431.